The number of carbonyl (C=O) groups excluding carboxylic acids is 2. The Hall–Kier alpha value is -3.55. The highest BCUT2D eigenvalue weighted by atomic mass is 16.5. The predicted molar refractivity (Wildman–Crippen MR) is 91.9 cm³/mol. The van der Waals surface area contributed by atoms with Gasteiger partial charge in [-0.2, -0.15) is 0 Å². The second-order valence-corrected chi connectivity index (χ2v) is 6.00. The highest BCUT2D eigenvalue weighted by Crippen LogP contribution is 2.23. The summed E-state index contributed by atoms with van der Waals surface area (Å²) in [6.45, 7) is 1.92. The van der Waals surface area contributed by atoms with Gasteiger partial charge >= 0.3 is 5.97 Å². The number of fused-ring (bicyclic) bond motifs is 1. The number of anilines is 1. The highest BCUT2D eigenvalue weighted by molar-refractivity contribution is 6.00. The normalized spacial score (nSPS) is 15.9. The van der Waals surface area contributed by atoms with E-state index in [1.54, 1.807) is 24.3 Å². The van der Waals surface area contributed by atoms with E-state index in [4.69, 9.17) is 4.74 Å². The lowest BCUT2D eigenvalue weighted by Crippen LogP contribution is -2.38. The van der Waals surface area contributed by atoms with Crippen LogP contribution < -0.4 is 5.32 Å². The number of carbonyl (C=O) groups is 2. The molecule has 26 heavy (non-hydrogen) atoms. The summed E-state index contributed by atoms with van der Waals surface area (Å²) < 4.78 is 6.80. The van der Waals surface area contributed by atoms with Gasteiger partial charge in [-0.3, -0.25) is 4.79 Å². The molecule has 1 atom stereocenters. The first-order valence-electron chi connectivity index (χ1n) is 8.05. The Morgan fingerprint density at radius 2 is 2.12 bits per heavy atom. The van der Waals surface area contributed by atoms with E-state index in [0.29, 0.717) is 17.7 Å². The molecule has 1 aliphatic rings. The number of ether oxygens (including phenoxy) is 1. The maximum Gasteiger partial charge on any atom is 0.339 e. The number of rotatable bonds is 3. The molecular weight excluding hydrogens is 334 g/mol. The first kappa shape index (κ1) is 15.9. The van der Waals surface area contributed by atoms with Crippen molar-refractivity contribution in [3.8, 4) is 5.69 Å². The molecule has 1 unspecified atom stereocenters. The topological polar surface area (TPSA) is 99.0 Å². The van der Waals surface area contributed by atoms with Crippen LogP contribution >= 0.6 is 0 Å². The first-order valence-corrected chi connectivity index (χ1v) is 8.05. The molecular formula is C18H15N5O3. The minimum absolute atomic E-state index is 0.347. The van der Waals surface area contributed by atoms with Gasteiger partial charge in [0.25, 0.3) is 5.91 Å². The molecule has 1 aliphatic heterocycles. The molecule has 0 bridgehead atoms. The molecule has 1 aromatic heterocycles. The Kier molecular flexibility index (Phi) is 3.92. The number of esters is 1. The van der Waals surface area contributed by atoms with Crippen molar-refractivity contribution in [3.63, 3.8) is 0 Å². The summed E-state index contributed by atoms with van der Waals surface area (Å²) in [5.41, 5.74) is 3.59. The SMILES string of the molecule is Cc1ccc(NC(=O)C2Cc3ccccc3C(=O)O2)cc1-n1cnnn1. The predicted octanol–water partition coefficient (Wildman–Crippen LogP) is 1.69. The van der Waals surface area contributed by atoms with Crippen LogP contribution in [0.5, 0.6) is 0 Å². The molecule has 0 spiro atoms. The average Bonchev–Trinajstić information content (AvgIpc) is 3.17. The number of aryl methyl sites for hydroxylation is 1. The molecule has 8 heteroatoms. The maximum atomic E-state index is 12.6. The fourth-order valence-corrected chi connectivity index (χ4v) is 2.91. The number of cyclic esters (lactones) is 1. The zero-order valence-corrected chi connectivity index (χ0v) is 13.9. The summed E-state index contributed by atoms with van der Waals surface area (Å²) in [4.78, 5) is 24.6. The molecule has 2 heterocycles. The molecule has 3 aromatic rings. The zero-order chi connectivity index (χ0) is 18.1. The molecule has 0 saturated carbocycles. The Morgan fingerprint density at radius 3 is 2.92 bits per heavy atom. The van der Waals surface area contributed by atoms with Gasteiger partial charge in [-0.05, 0) is 46.7 Å². The highest BCUT2D eigenvalue weighted by Gasteiger charge is 2.31. The summed E-state index contributed by atoms with van der Waals surface area (Å²) in [6, 6.07) is 12.5. The second kappa shape index (κ2) is 6.40. The van der Waals surface area contributed by atoms with Crippen LogP contribution in [0, 0.1) is 6.92 Å². The molecule has 4 rings (SSSR count). The van der Waals surface area contributed by atoms with E-state index >= 15 is 0 Å². The van der Waals surface area contributed by atoms with Crippen LogP contribution in [0.25, 0.3) is 5.69 Å². The van der Waals surface area contributed by atoms with Gasteiger partial charge in [0.2, 0.25) is 0 Å². The third-order valence-electron chi connectivity index (χ3n) is 4.26. The molecule has 130 valence electrons. The molecule has 2 aromatic carbocycles. The summed E-state index contributed by atoms with van der Waals surface area (Å²) in [7, 11) is 0. The Morgan fingerprint density at radius 1 is 1.27 bits per heavy atom. The number of nitrogens with one attached hydrogen (secondary N) is 1. The number of aromatic nitrogens is 4. The van der Waals surface area contributed by atoms with Gasteiger partial charge in [-0.1, -0.05) is 24.3 Å². The van der Waals surface area contributed by atoms with E-state index < -0.39 is 12.1 Å². The maximum absolute atomic E-state index is 12.6. The number of hydrogen-bond acceptors (Lipinski definition) is 6. The van der Waals surface area contributed by atoms with Gasteiger partial charge in [-0.25, -0.2) is 9.48 Å². The van der Waals surface area contributed by atoms with E-state index in [-0.39, 0.29) is 5.91 Å². The number of amides is 1. The Balaban J connectivity index is 1.54. The largest absolute Gasteiger partial charge is 0.448 e. The summed E-state index contributed by atoms with van der Waals surface area (Å²) >= 11 is 0. The van der Waals surface area contributed by atoms with Crippen LogP contribution in [0.4, 0.5) is 5.69 Å². The lowest BCUT2D eigenvalue weighted by molar-refractivity contribution is -0.125. The number of hydrogen-bond donors (Lipinski definition) is 1. The number of tetrazole rings is 1. The van der Waals surface area contributed by atoms with Crippen molar-refractivity contribution in [2.75, 3.05) is 5.32 Å². The fraction of sp³-hybridized carbons (Fsp3) is 0.167. The first-order chi connectivity index (χ1) is 12.6. The van der Waals surface area contributed by atoms with Gasteiger partial charge in [0, 0.05) is 12.1 Å². The summed E-state index contributed by atoms with van der Waals surface area (Å²) in [5.74, 6) is -0.857. The molecule has 0 aliphatic carbocycles. The second-order valence-electron chi connectivity index (χ2n) is 6.00. The zero-order valence-electron chi connectivity index (χ0n) is 13.9. The third kappa shape index (κ3) is 2.92. The van der Waals surface area contributed by atoms with Gasteiger partial charge in [0.1, 0.15) is 6.33 Å². The summed E-state index contributed by atoms with van der Waals surface area (Å²) in [6.07, 6.45) is 0.961. The van der Waals surface area contributed by atoms with Gasteiger partial charge in [0.15, 0.2) is 6.10 Å². The quantitative estimate of drug-likeness (QED) is 0.723. The Bertz CT molecular complexity index is 984. The molecule has 1 N–H and O–H groups in total. The van der Waals surface area contributed by atoms with Crippen LogP contribution in [-0.4, -0.2) is 38.2 Å². The third-order valence-corrected chi connectivity index (χ3v) is 4.26. The van der Waals surface area contributed by atoms with Crippen molar-refractivity contribution < 1.29 is 14.3 Å². The number of benzene rings is 2. The molecule has 0 saturated heterocycles. The van der Waals surface area contributed by atoms with Crippen molar-refractivity contribution in [3.05, 3.63) is 65.5 Å². The lowest BCUT2D eigenvalue weighted by Gasteiger charge is -2.23. The van der Waals surface area contributed by atoms with E-state index in [2.05, 4.69) is 20.8 Å². The van der Waals surface area contributed by atoms with Crippen LogP contribution in [-0.2, 0) is 16.0 Å². The smallest absolute Gasteiger partial charge is 0.339 e. The Labute approximate surface area is 148 Å². The van der Waals surface area contributed by atoms with Crippen LogP contribution in [0.2, 0.25) is 0 Å². The van der Waals surface area contributed by atoms with Gasteiger partial charge < -0.3 is 10.1 Å². The average molecular weight is 349 g/mol. The van der Waals surface area contributed by atoms with E-state index in [1.807, 2.05) is 25.1 Å². The van der Waals surface area contributed by atoms with Crippen LogP contribution in [0.15, 0.2) is 48.8 Å². The van der Waals surface area contributed by atoms with Crippen molar-refractivity contribution in [2.24, 2.45) is 0 Å². The molecule has 1 amide bonds. The molecule has 0 fully saturated rings. The van der Waals surface area contributed by atoms with Crippen molar-refractivity contribution >= 4 is 17.6 Å². The standard InChI is InChI=1S/C18H15N5O3/c1-11-6-7-13(9-15(11)23-10-19-21-22-23)20-17(24)16-8-12-4-2-3-5-14(12)18(25)26-16/h2-7,9-10,16H,8H2,1H3,(H,20,24). The molecule has 8 nitrogen and oxygen atoms in total. The van der Waals surface area contributed by atoms with E-state index in [1.165, 1.54) is 11.0 Å². The minimum atomic E-state index is -0.866. The van der Waals surface area contributed by atoms with Crippen molar-refractivity contribution in [1.29, 1.82) is 0 Å². The van der Waals surface area contributed by atoms with Crippen LogP contribution in [0.3, 0.4) is 0 Å². The monoisotopic (exact) mass is 349 g/mol. The van der Waals surface area contributed by atoms with E-state index in [0.717, 1.165) is 16.8 Å². The van der Waals surface area contributed by atoms with Gasteiger partial charge in [-0.15, -0.1) is 5.10 Å². The van der Waals surface area contributed by atoms with Crippen molar-refractivity contribution in [2.45, 2.75) is 19.4 Å². The lowest BCUT2D eigenvalue weighted by atomic mass is 9.98. The van der Waals surface area contributed by atoms with Crippen molar-refractivity contribution in [1.82, 2.24) is 20.2 Å². The van der Waals surface area contributed by atoms with E-state index in [9.17, 15) is 9.59 Å². The fourth-order valence-electron chi connectivity index (χ4n) is 2.91. The minimum Gasteiger partial charge on any atom is -0.448 e. The molecule has 0 radical (unpaired) electrons. The van der Waals surface area contributed by atoms with Crippen LogP contribution in [0.1, 0.15) is 21.5 Å². The number of nitrogens with zero attached hydrogens (tertiary/aromatic N) is 4. The van der Waals surface area contributed by atoms with Gasteiger partial charge in [0.05, 0.1) is 11.3 Å². The summed E-state index contributed by atoms with van der Waals surface area (Å²) in [5, 5.41) is 13.9.